The van der Waals surface area contributed by atoms with E-state index in [1.165, 1.54) is 0 Å². The third-order valence-electron chi connectivity index (χ3n) is 8.23. The molecule has 4 heterocycles. The Bertz CT molecular complexity index is 1370. The van der Waals surface area contributed by atoms with Gasteiger partial charge in [0.2, 0.25) is 0 Å². The summed E-state index contributed by atoms with van der Waals surface area (Å²) < 4.78 is 50.5. The smallest absolute Gasteiger partial charge is 0.414 e. The Morgan fingerprint density at radius 1 is 0.975 bits per heavy atom. The molecule has 0 aromatic heterocycles. The topological polar surface area (TPSA) is 66.4 Å². The molecule has 0 radical (unpaired) electrons. The van der Waals surface area contributed by atoms with Gasteiger partial charge >= 0.3 is 12.2 Å². The molecular formula is C30H31F3N4O3. The molecular weight excluding hydrogens is 521 g/mol. The molecule has 40 heavy (non-hydrogen) atoms. The zero-order chi connectivity index (χ0) is 27.7. The summed E-state index contributed by atoms with van der Waals surface area (Å²) in [6.45, 7) is 3.71. The summed E-state index contributed by atoms with van der Waals surface area (Å²) in [4.78, 5) is 20.4. The predicted octanol–water partition coefficient (Wildman–Crippen LogP) is 5.80. The van der Waals surface area contributed by atoms with Crippen LogP contribution in [0.15, 0.2) is 69.9 Å². The molecule has 210 valence electrons. The van der Waals surface area contributed by atoms with Gasteiger partial charge in [0.1, 0.15) is 11.4 Å². The van der Waals surface area contributed by atoms with E-state index >= 15 is 0 Å². The predicted molar refractivity (Wildman–Crippen MR) is 145 cm³/mol. The number of urea groups is 1. The molecule has 1 aromatic carbocycles. The number of amides is 2. The number of hydrogen-bond donors (Lipinski definition) is 1. The number of nitrogens with zero attached hydrogens (tertiary/aromatic N) is 3. The van der Waals surface area contributed by atoms with Crippen molar-refractivity contribution in [3.8, 4) is 0 Å². The molecule has 0 bridgehead atoms. The second kappa shape index (κ2) is 10.7. The largest absolute Gasteiger partial charge is 0.479 e. The van der Waals surface area contributed by atoms with Crippen molar-refractivity contribution in [2.24, 2.45) is 4.99 Å². The van der Waals surface area contributed by atoms with Gasteiger partial charge in [-0.3, -0.25) is 0 Å². The maximum atomic E-state index is 12.9. The zero-order valence-corrected chi connectivity index (χ0v) is 22.1. The van der Waals surface area contributed by atoms with E-state index in [-0.39, 0.29) is 18.1 Å². The fourth-order valence-corrected chi connectivity index (χ4v) is 5.75. The van der Waals surface area contributed by atoms with E-state index in [1.807, 2.05) is 24.3 Å². The first-order valence-corrected chi connectivity index (χ1v) is 13.8. The Balaban J connectivity index is 1.09. The van der Waals surface area contributed by atoms with Crippen LogP contribution in [0.1, 0.15) is 44.1 Å². The van der Waals surface area contributed by atoms with Crippen molar-refractivity contribution in [1.29, 1.82) is 0 Å². The van der Waals surface area contributed by atoms with E-state index in [9.17, 15) is 18.0 Å². The molecule has 6 rings (SSSR count). The quantitative estimate of drug-likeness (QED) is 0.472. The summed E-state index contributed by atoms with van der Waals surface area (Å²) in [7, 11) is 0. The average molecular weight is 553 g/mol. The SMILES string of the molecule is O=C(Nc1ccc(C2=C=C=C3OC4(CCC3=C2)CCN(C2=NC=C(C(F)(F)F)CC2)CC4)cc1)N1CCOCC1. The molecule has 5 aliphatic rings. The molecule has 3 fully saturated rings. The summed E-state index contributed by atoms with van der Waals surface area (Å²) in [5, 5.41) is 2.94. The Hall–Kier alpha value is -3.71. The maximum absolute atomic E-state index is 12.9. The number of nitrogens with one attached hydrogen (secondary N) is 1. The monoisotopic (exact) mass is 552 g/mol. The molecule has 0 unspecified atom stereocenters. The van der Waals surface area contributed by atoms with Gasteiger partial charge in [-0.25, -0.2) is 9.79 Å². The van der Waals surface area contributed by atoms with Crippen molar-refractivity contribution in [2.75, 3.05) is 44.7 Å². The lowest BCUT2D eigenvalue weighted by molar-refractivity contribution is -0.0942. The van der Waals surface area contributed by atoms with Crippen LogP contribution >= 0.6 is 0 Å². The molecule has 4 aliphatic heterocycles. The third-order valence-corrected chi connectivity index (χ3v) is 8.23. The molecule has 3 saturated heterocycles. The van der Waals surface area contributed by atoms with Crippen LogP contribution in [0.2, 0.25) is 0 Å². The first kappa shape index (κ1) is 26.5. The highest BCUT2D eigenvalue weighted by Gasteiger charge is 2.42. The van der Waals surface area contributed by atoms with Crippen molar-refractivity contribution < 1.29 is 27.4 Å². The van der Waals surface area contributed by atoms with E-state index in [2.05, 4.69) is 32.7 Å². The van der Waals surface area contributed by atoms with Crippen LogP contribution in [-0.4, -0.2) is 72.8 Å². The van der Waals surface area contributed by atoms with Crippen molar-refractivity contribution in [3.63, 3.8) is 0 Å². The van der Waals surface area contributed by atoms with E-state index in [4.69, 9.17) is 9.47 Å². The minimum absolute atomic E-state index is 0.0211. The average Bonchev–Trinajstić information content (AvgIpc) is 2.98. The van der Waals surface area contributed by atoms with Gasteiger partial charge < -0.3 is 24.6 Å². The van der Waals surface area contributed by atoms with Crippen LogP contribution in [0.4, 0.5) is 23.7 Å². The number of carbonyl (C=O) groups is 1. The zero-order valence-electron chi connectivity index (χ0n) is 22.1. The molecule has 7 nitrogen and oxygen atoms in total. The number of amidine groups is 1. The minimum Gasteiger partial charge on any atom is -0.479 e. The first-order chi connectivity index (χ1) is 19.3. The lowest BCUT2D eigenvalue weighted by Gasteiger charge is -2.46. The van der Waals surface area contributed by atoms with Gasteiger partial charge in [0.05, 0.1) is 18.8 Å². The van der Waals surface area contributed by atoms with Crippen molar-refractivity contribution in [3.05, 3.63) is 70.5 Å². The van der Waals surface area contributed by atoms with Crippen molar-refractivity contribution in [2.45, 2.75) is 50.3 Å². The van der Waals surface area contributed by atoms with Crippen molar-refractivity contribution in [1.82, 2.24) is 9.80 Å². The summed E-state index contributed by atoms with van der Waals surface area (Å²) in [6, 6.07) is 7.57. The van der Waals surface area contributed by atoms with Crippen LogP contribution < -0.4 is 5.32 Å². The number of alkyl halides is 3. The lowest BCUT2D eigenvalue weighted by atomic mass is 9.81. The molecule has 1 aromatic rings. The second-order valence-corrected chi connectivity index (χ2v) is 10.7. The standard InChI is InChI=1S/C30H31F3N4O3/c31-30(32,33)24-4-8-27(34-20-24)36-13-11-29(12-14-36)10-9-23-19-22(3-7-26(23)40-29)21-1-5-25(6-2-21)35-28(38)37-15-17-39-18-16-37/h1-2,5-6,19-20H,4,8-18H2,(H,35,38). The van der Waals surface area contributed by atoms with Crippen LogP contribution in [-0.2, 0) is 9.47 Å². The molecule has 0 atom stereocenters. The highest BCUT2D eigenvalue weighted by atomic mass is 19.4. The Kier molecular flexibility index (Phi) is 7.09. The Morgan fingerprint density at radius 3 is 2.40 bits per heavy atom. The number of ether oxygens (including phenoxy) is 2. The van der Waals surface area contributed by atoms with E-state index < -0.39 is 11.7 Å². The fourth-order valence-electron chi connectivity index (χ4n) is 5.75. The number of likely N-dealkylation sites (tertiary alicyclic amines) is 1. The number of allylic oxidation sites excluding steroid dienone is 4. The fraction of sp³-hybridized carbons (Fsp3) is 0.467. The first-order valence-electron chi connectivity index (χ1n) is 13.8. The van der Waals surface area contributed by atoms with E-state index in [0.717, 1.165) is 65.9 Å². The van der Waals surface area contributed by atoms with Crippen LogP contribution in [0.5, 0.6) is 0 Å². The maximum Gasteiger partial charge on any atom is 0.414 e. The van der Waals surface area contributed by atoms with Crippen LogP contribution in [0.25, 0.3) is 5.57 Å². The van der Waals surface area contributed by atoms with Gasteiger partial charge in [-0.05, 0) is 48.8 Å². The number of halogens is 3. The number of piperidine rings is 1. The van der Waals surface area contributed by atoms with Gasteiger partial charge in [-0.1, -0.05) is 17.9 Å². The van der Waals surface area contributed by atoms with Gasteiger partial charge in [-0.2, -0.15) is 13.2 Å². The molecule has 1 spiro atoms. The molecule has 1 aliphatic carbocycles. The van der Waals surface area contributed by atoms with E-state index in [0.29, 0.717) is 45.8 Å². The number of carbonyl (C=O) groups excluding carboxylic acids is 1. The number of fused-ring (bicyclic) bond motifs is 1. The van der Waals surface area contributed by atoms with Crippen LogP contribution in [0, 0.1) is 0 Å². The van der Waals surface area contributed by atoms with Gasteiger partial charge in [0, 0.05) is 68.5 Å². The minimum atomic E-state index is -4.30. The molecule has 0 saturated carbocycles. The van der Waals surface area contributed by atoms with Gasteiger partial charge in [-0.15, -0.1) is 0 Å². The number of rotatable bonds is 2. The summed E-state index contributed by atoms with van der Waals surface area (Å²) in [6.07, 6.45) is 2.37. The number of hydrogen-bond acceptors (Lipinski definition) is 5. The van der Waals surface area contributed by atoms with Crippen LogP contribution in [0.3, 0.4) is 0 Å². The molecule has 1 N–H and O–H groups in total. The highest BCUT2D eigenvalue weighted by Crippen LogP contribution is 2.43. The number of morpholine rings is 1. The normalized spacial score (nSPS) is 22.3. The van der Waals surface area contributed by atoms with Gasteiger partial charge in [0.15, 0.2) is 5.76 Å². The van der Waals surface area contributed by atoms with E-state index in [1.54, 1.807) is 4.90 Å². The second-order valence-electron chi connectivity index (χ2n) is 10.7. The summed E-state index contributed by atoms with van der Waals surface area (Å²) in [5.41, 5.74) is 9.32. The number of benzene rings is 1. The summed E-state index contributed by atoms with van der Waals surface area (Å²) in [5.74, 6) is 1.46. The molecule has 10 heteroatoms. The lowest BCUT2D eigenvalue weighted by Crippen LogP contribution is -2.49. The highest BCUT2D eigenvalue weighted by molar-refractivity contribution is 5.90. The Labute approximate surface area is 231 Å². The molecule has 2 amide bonds. The number of aliphatic imine (C=N–C) groups is 1. The number of anilines is 1. The van der Waals surface area contributed by atoms with Gasteiger partial charge in [0.25, 0.3) is 0 Å². The Morgan fingerprint density at radius 2 is 1.73 bits per heavy atom. The summed E-state index contributed by atoms with van der Waals surface area (Å²) >= 11 is 0. The third kappa shape index (κ3) is 5.61. The van der Waals surface area contributed by atoms with Crippen molar-refractivity contribution >= 4 is 23.1 Å².